The molecule has 0 bridgehead atoms. The number of anilines is 1. The van der Waals surface area contributed by atoms with E-state index in [2.05, 4.69) is 5.32 Å². The van der Waals surface area contributed by atoms with Gasteiger partial charge in [0.15, 0.2) is 0 Å². The molecular formula is C19H25F3N2O3. The first kappa shape index (κ1) is 21.1. The molecule has 150 valence electrons. The summed E-state index contributed by atoms with van der Waals surface area (Å²) in [6, 6.07) is 3.74. The van der Waals surface area contributed by atoms with Crippen LogP contribution in [0.2, 0.25) is 0 Å². The van der Waals surface area contributed by atoms with Crippen molar-refractivity contribution in [3.8, 4) is 0 Å². The number of amides is 2. The molecule has 2 rings (SSSR count). The SMILES string of the molecule is Cc1ccc(NC(=O)C2CCN(C(=O)OC(C)(C)C)CC2)cc1C(F)(F)F. The van der Waals surface area contributed by atoms with Crippen molar-refractivity contribution in [3.05, 3.63) is 29.3 Å². The molecule has 1 heterocycles. The van der Waals surface area contributed by atoms with Gasteiger partial charge >= 0.3 is 12.3 Å². The van der Waals surface area contributed by atoms with Crippen LogP contribution in [0.25, 0.3) is 0 Å². The van der Waals surface area contributed by atoms with E-state index in [9.17, 15) is 22.8 Å². The third-order valence-corrected chi connectivity index (χ3v) is 4.33. The van der Waals surface area contributed by atoms with Crippen molar-refractivity contribution in [1.82, 2.24) is 4.90 Å². The van der Waals surface area contributed by atoms with E-state index in [1.807, 2.05) is 0 Å². The number of piperidine rings is 1. The van der Waals surface area contributed by atoms with E-state index in [1.165, 1.54) is 19.1 Å². The first-order chi connectivity index (χ1) is 12.4. The fraction of sp³-hybridized carbons (Fsp3) is 0.579. The van der Waals surface area contributed by atoms with Crippen LogP contribution in [0.4, 0.5) is 23.7 Å². The van der Waals surface area contributed by atoms with E-state index in [1.54, 1.807) is 25.7 Å². The van der Waals surface area contributed by atoms with Crippen LogP contribution in [-0.4, -0.2) is 35.6 Å². The largest absolute Gasteiger partial charge is 0.444 e. The molecule has 5 nitrogen and oxygen atoms in total. The molecule has 0 aliphatic carbocycles. The molecule has 8 heteroatoms. The molecule has 1 aromatic carbocycles. The van der Waals surface area contributed by atoms with Gasteiger partial charge in [-0.25, -0.2) is 4.79 Å². The van der Waals surface area contributed by atoms with Crippen LogP contribution in [0.1, 0.15) is 44.7 Å². The van der Waals surface area contributed by atoms with Crippen molar-refractivity contribution in [3.63, 3.8) is 0 Å². The summed E-state index contributed by atoms with van der Waals surface area (Å²) in [7, 11) is 0. The minimum atomic E-state index is -4.47. The third-order valence-electron chi connectivity index (χ3n) is 4.33. The monoisotopic (exact) mass is 386 g/mol. The van der Waals surface area contributed by atoms with Gasteiger partial charge in [0.25, 0.3) is 0 Å². The Kier molecular flexibility index (Phi) is 6.07. The van der Waals surface area contributed by atoms with Crippen LogP contribution in [0.5, 0.6) is 0 Å². The number of nitrogens with one attached hydrogen (secondary N) is 1. The molecule has 1 aliphatic heterocycles. The Balaban J connectivity index is 1.94. The van der Waals surface area contributed by atoms with Gasteiger partial charge in [0, 0.05) is 24.7 Å². The van der Waals surface area contributed by atoms with E-state index >= 15 is 0 Å². The number of carbonyl (C=O) groups excluding carboxylic acids is 2. The van der Waals surface area contributed by atoms with E-state index in [0.717, 1.165) is 6.07 Å². The maximum atomic E-state index is 13.0. The number of carbonyl (C=O) groups is 2. The first-order valence-corrected chi connectivity index (χ1v) is 8.83. The lowest BCUT2D eigenvalue weighted by Crippen LogP contribution is -2.43. The van der Waals surface area contributed by atoms with Crippen LogP contribution < -0.4 is 5.32 Å². The summed E-state index contributed by atoms with van der Waals surface area (Å²) in [5, 5.41) is 2.56. The number of halogens is 3. The fourth-order valence-corrected chi connectivity index (χ4v) is 2.90. The lowest BCUT2D eigenvalue weighted by atomic mass is 9.96. The summed E-state index contributed by atoms with van der Waals surface area (Å²) in [5.74, 6) is -0.699. The summed E-state index contributed by atoms with van der Waals surface area (Å²) in [6.45, 7) is 7.45. The molecule has 1 aromatic rings. The minimum absolute atomic E-state index is 0.103. The number of hydrogen-bond donors (Lipinski definition) is 1. The average Bonchev–Trinajstić information content (AvgIpc) is 2.54. The highest BCUT2D eigenvalue weighted by atomic mass is 19.4. The number of ether oxygens (including phenoxy) is 1. The van der Waals surface area contributed by atoms with Gasteiger partial charge in [0.05, 0.1) is 5.56 Å². The number of alkyl halides is 3. The first-order valence-electron chi connectivity index (χ1n) is 8.83. The normalized spacial score (nSPS) is 16.2. The van der Waals surface area contributed by atoms with Gasteiger partial charge in [-0.15, -0.1) is 0 Å². The Hall–Kier alpha value is -2.25. The molecule has 1 saturated heterocycles. The number of likely N-dealkylation sites (tertiary alicyclic amines) is 1. The Morgan fingerprint density at radius 3 is 2.26 bits per heavy atom. The number of nitrogens with zero attached hydrogens (tertiary/aromatic N) is 1. The summed E-state index contributed by atoms with van der Waals surface area (Å²) in [5.41, 5.74) is -1.13. The zero-order valence-corrected chi connectivity index (χ0v) is 15.9. The van der Waals surface area contributed by atoms with Crippen molar-refractivity contribution < 1.29 is 27.5 Å². The number of rotatable bonds is 2. The van der Waals surface area contributed by atoms with Crippen molar-refractivity contribution in [2.45, 2.75) is 52.3 Å². The molecule has 0 atom stereocenters. The minimum Gasteiger partial charge on any atom is -0.444 e. The topological polar surface area (TPSA) is 58.6 Å². The maximum absolute atomic E-state index is 13.0. The van der Waals surface area contributed by atoms with Crippen LogP contribution in [-0.2, 0) is 15.7 Å². The molecule has 0 unspecified atom stereocenters. The maximum Gasteiger partial charge on any atom is 0.416 e. The van der Waals surface area contributed by atoms with Gasteiger partial charge in [-0.3, -0.25) is 4.79 Å². The van der Waals surface area contributed by atoms with Gasteiger partial charge in [0.2, 0.25) is 5.91 Å². The molecule has 1 aliphatic rings. The molecule has 0 spiro atoms. The van der Waals surface area contributed by atoms with Crippen LogP contribution in [0.15, 0.2) is 18.2 Å². The number of hydrogen-bond acceptors (Lipinski definition) is 3. The molecule has 0 aromatic heterocycles. The zero-order chi connectivity index (χ0) is 20.4. The van der Waals surface area contributed by atoms with E-state index < -0.39 is 23.4 Å². The highest BCUT2D eigenvalue weighted by Crippen LogP contribution is 2.33. The molecular weight excluding hydrogens is 361 g/mol. The average molecular weight is 386 g/mol. The summed E-state index contributed by atoms with van der Waals surface area (Å²) < 4.78 is 44.3. The van der Waals surface area contributed by atoms with E-state index in [4.69, 9.17) is 4.74 Å². The smallest absolute Gasteiger partial charge is 0.416 e. The van der Waals surface area contributed by atoms with Gasteiger partial charge in [-0.05, 0) is 58.2 Å². The number of aryl methyl sites for hydroxylation is 1. The van der Waals surface area contributed by atoms with Crippen LogP contribution >= 0.6 is 0 Å². The van der Waals surface area contributed by atoms with Crippen molar-refractivity contribution in [1.29, 1.82) is 0 Å². The third kappa shape index (κ3) is 5.87. The molecule has 0 radical (unpaired) electrons. The van der Waals surface area contributed by atoms with Gasteiger partial charge in [-0.2, -0.15) is 13.2 Å². The van der Waals surface area contributed by atoms with Crippen molar-refractivity contribution in [2.24, 2.45) is 5.92 Å². The van der Waals surface area contributed by atoms with Crippen molar-refractivity contribution in [2.75, 3.05) is 18.4 Å². The predicted octanol–water partition coefficient (Wildman–Crippen LogP) is 4.60. The lowest BCUT2D eigenvalue weighted by molar-refractivity contribution is -0.138. The van der Waals surface area contributed by atoms with Gasteiger partial charge in [0.1, 0.15) is 5.60 Å². The second-order valence-electron chi connectivity index (χ2n) is 7.76. The Labute approximate surface area is 156 Å². The summed E-state index contributed by atoms with van der Waals surface area (Å²) >= 11 is 0. The van der Waals surface area contributed by atoms with Crippen molar-refractivity contribution >= 4 is 17.7 Å². The molecule has 1 N–H and O–H groups in total. The molecule has 1 fully saturated rings. The summed E-state index contributed by atoms with van der Waals surface area (Å²) in [4.78, 5) is 26.0. The Morgan fingerprint density at radius 2 is 1.74 bits per heavy atom. The summed E-state index contributed by atoms with van der Waals surface area (Å²) in [6.07, 6.45) is -4.02. The second kappa shape index (κ2) is 7.78. The predicted molar refractivity (Wildman–Crippen MR) is 95.3 cm³/mol. The van der Waals surface area contributed by atoms with Gasteiger partial charge in [-0.1, -0.05) is 6.07 Å². The standard InChI is InChI=1S/C19H25F3N2O3/c1-12-5-6-14(11-15(12)19(20,21)22)23-16(25)13-7-9-24(10-8-13)17(26)27-18(2,3)4/h5-6,11,13H,7-10H2,1-4H3,(H,23,25). The second-order valence-corrected chi connectivity index (χ2v) is 7.76. The number of benzene rings is 1. The quantitative estimate of drug-likeness (QED) is 0.808. The molecule has 27 heavy (non-hydrogen) atoms. The zero-order valence-electron chi connectivity index (χ0n) is 15.9. The van der Waals surface area contributed by atoms with Crippen LogP contribution in [0.3, 0.4) is 0 Å². The van der Waals surface area contributed by atoms with E-state index in [-0.39, 0.29) is 23.1 Å². The molecule has 2 amide bonds. The van der Waals surface area contributed by atoms with E-state index in [0.29, 0.717) is 25.9 Å². The highest BCUT2D eigenvalue weighted by molar-refractivity contribution is 5.92. The Bertz CT molecular complexity index is 703. The lowest BCUT2D eigenvalue weighted by Gasteiger charge is -2.33. The van der Waals surface area contributed by atoms with Crippen LogP contribution in [0, 0.1) is 12.8 Å². The fourth-order valence-electron chi connectivity index (χ4n) is 2.90. The highest BCUT2D eigenvalue weighted by Gasteiger charge is 2.33. The molecule has 0 saturated carbocycles. The van der Waals surface area contributed by atoms with Gasteiger partial charge < -0.3 is 15.0 Å². The Morgan fingerprint density at radius 1 is 1.15 bits per heavy atom.